The molecule has 0 radical (unpaired) electrons. The van der Waals surface area contributed by atoms with Crippen LogP contribution in [0.15, 0.2) is 72.4 Å². The minimum atomic E-state index is -1.09. The molecular weight excluding hydrogens is 1310 g/mol. The number of thiazole rings is 2. The third kappa shape index (κ3) is 17.0. The van der Waals surface area contributed by atoms with E-state index in [1.807, 2.05) is 106 Å². The first-order chi connectivity index (χ1) is 48.3. The Morgan fingerprint density at radius 2 is 1.50 bits per heavy atom. The highest BCUT2D eigenvalue weighted by Crippen LogP contribution is 2.72. The number of hydrogen-bond donors (Lipinski definition) is 5. The number of likely N-dealkylation sites (N-methyl/N-ethyl adjacent to an activating group) is 1. The fourth-order valence-corrected chi connectivity index (χ4v) is 20.2. The minimum absolute atomic E-state index is 0.00633. The predicted octanol–water partition coefficient (Wildman–Crippen LogP) is 15.4. The molecule has 2 aliphatic heterocycles. The summed E-state index contributed by atoms with van der Waals surface area (Å²) in [5, 5.41) is 46.1. The summed E-state index contributed by atoms with van der Waals surface area (Å²) < 4.78 is 10.4. The molecule has 6 aliphatic rings. The monoisotopic (exact) mass is 1410 g/mol. The van der Waals surface area contributed by atoms with E-state index in [1.165, 1.54) is 62.7 Å². The Kier molecular flexibility index (Phi) is 22.6. The molecule has 5 N–H and O–H groups in total. The summed E-state index contributed by atoms with van der Waals surface area (Å²) in [7, 11) is 2.24. The van der Waals surface area contributed by atoms with Gasteiger partial charge in [0.25, 0.3) is 0 Å². The van der Waals surface area contributed by atoms with Crippen molar-refractivity contribution in [2.75, 3.05) is 50.1 Å². The molecule has 13 rings (SSSR count). The highest BCUT2D eigenvalue weighted by Gasteiger charge is 2.66. The number of rotatable bonds is 32. The number of benzene rings is 2. The summed E-state index contributed by atoms with van der Waals surface area (Å²) in [6.07, 6.45) is 23.7. The van der Waals surface area contributed by atoms with Gasteiger partial charge in [-0.2, -0.15) is 5.10 Å². The Bertz CT molecular complexity index is 4030. The van der Waals surface area contributed by atoms with Crippen LogP contribution < -0.4 is 20.9 Å². The van der Waals surface area contributed by atoms with Crippen LogP contribution in [0, 0.1) is 42.4 Å². The number of nitrogens with zero attached hydrogens (tertiary/aromatic N) is 10. The third-order valence-corrected chi connectivity index (χ3v) is 24.4. The van der Waals surface area contributed by atoms with Gasteiger partial charge < -0.3 is 45.6 Å². The lowest BCUT2D eigenvalue weighted by atomic mass is 9.39. The van der Waals surface area contributed by atoms with Crippen molar-refractivity contribution in [2.45, 2.75) is 240 Å². The average molecular weight is 1410 g/mol. The molecule has 4 saturated carbocycles. The normalized spacial score (nSPS) is 23.0. The summed E-state index contributed by atoms with van der Waals surface area (Å²) in [5.41, 5.74) is 9.67. The van der Waals surface area contributed by atoms with Gasteiger partial charge in [-0.3, -0.25) is 19.1 Å². The fraction of sp³-hybridized carbons (Fsp3) is 0.595. The van der Waals surface area contributed by atoms with Crippen LogP contribution in [0.3, 0.4) is 0 Å². The molecule has 2 aromatic carbocycles. The molecule has 5 fully saturated rings. The first kappa shape index (κ1) is 73.5. The van der Waals surface area contributed by atoms with Crippen molar-refractivity contribution in [2.24, 2.45) is 21.7 Å². The van der Waals surface area contributed by atoms with Crippen molar-refractivity contribution in [3.63, 3.8) is 0 Å². The molecule has 20 nitrogen and oxygen atoms in total. The standard InChI is InChI=1S/C79H107N13O7S2/c1-51-58-26-25-37-90(70(58)88-87-69(51)86-74-83-61-27-22-23-28-63(61)101-74)64-35-34-59(66(84-64)73(97)98)60-41-81-92(54(60)4)49-78-44-76(8)43-77(9,45-78)47-79(46-76,48-78)99-39-38-89(10)36-24-20-18-16-14-12-11-13-15-17-19-21-29-65(94)85-68(75(5,6)7)72(96)91-42-57(93)40-62(91)71(95)82-52(2)55-30-32-56(33-31-55)67-53(3)80-50-100-67/h22-23,27-28,30-35,41,50,52,57,62,68,93H,11-21,24-26,29,36-40,42-49H2,1-10H3,(H,82,95)(H,85,94)(H,97,98)(H,83,86,87)/t52-,57-,62-,68+,76?,77?,78?,79?/m0/s1. The van der Waals surface area contributed by atoms with Crippen LogP contribution in [0.1, 0.15) is 221 Å². The number of carboxylic acids is 1. The summed E-state index contributed by atoms with van der Waals surface area (Å²) in [6, 6.07) is 17.9. The van der Waals surface area contributed by atoms with Gasteiger partial charge in [-0.05, 0) is 163 Å². The number of likely N-dealkylation sites (tertiary alicyclic amines) is 1. The number of unbranched alkanes of at least 4 members (excludes halogenated alkanes) is 11. The van der Waals surface area contributed by atoms with Crippen LogP contribution in [0.4, 0.5) is 22.6 Å². The molecular formula is C79H107N13O7S2. The number of carbonyl (C=O) groups excluding carboxylic acids is 3. The number of nitrogens with one attached hydrogen (secondary N) is 3. The van der Waals surface area contributed by atoms with E-state index in [1.54, 1.807) is 22.7 Å². The number of pyridine rings is 1. The minimum Gasteiger partial charge on any atom is -0.476 e. The molecule has 542 valence electrons. The van der Waals surface area contributed by atoms with Gasteiger partial charge >= 0.3 is 5.97 Å². The maximum absolute atomic E-state index is 14.2. The van der Waals surface area contributed by atoms with E-state index in [2.05, 4.69) is 76.4 Å². The van der Waals surface area contributed by atoms with Gasteiger partial charge in [0.05, 0.1) is 56.8 Å². The van der Waals surface area contributed by atoms with E-state index in [0.717, 1.165) is 156 Å². The molecule has 1 saturated heterocycles. The molecule has 2 unspecified atom stereocenters. The Balaban J connectivity index is 0.532. The van der Waals surface area contributed by atoms with Gasteiger partial charge in [0.1, 0.15) is 17.9 Å². The Labute approximate surface area is 604 Å². The fourth-order valence-electron chi connectivity index (χ4n) is 18.5. The van der Waals surface area contributed by atoms with Crippen LogP contribution in [0.5, 0.6) is 0 Å². The summed E-state index contributed by atoms with van der Waals surface area (Å²) >= 11 is 3.17. The Morgan fingerprint density at radius 3 is 2.17 bits per heavy atom. The summed E-state index contributed by atoms with van der Waals surface area (Å²) in [6.45, 7) is 22.9. The number of aromatic carboxylic acids is 1. The molecule has 3 amide bonds. The molecule has 22 heteroatoms. The topological polar surface area (TPSA) is 246 Å². The van der Waals surface area contributed by atoms with Crippen molar-refractivity contribution in [1.82, 2.24) is 55.4 Å². The van der Waals surface area contributed by atoms with Gasteiger partial charge in [0.15, 0.2) is 22.5 Å². The van der Waals surface area contributed by atoms with E-state index >= 15 is 0 Å². The highest BCUT2D eigenvalue weighted by atomic mass is 32.1. The van der Waals surface area contributed by atoms with Gasteiger partial charge in [-0.25, -0.2) is 19.7 Å². The van der Waals surface area contributed by atoms with Crippen LogP contribution in [0.2, 0.25) is 0 Å². The van der Waals surface area contributed by atoms with Crippen molar-refractivity contribution in [1.29, 1.82) is 0 Å². The second-order valence-corrected chi connectivity index (χ2v) is 34.3. The number of amides is 3. The average Bonchev–Trinajstić information content (AvgIpc) is 1.14. The number of hydrogen-bond acceptors (Lipinski definition) is 17. The molecule has 7 aromatic rings. The van der Waals surface area contributed by atoms with Crippen molar-refractivity contribution >= 4 is 79.2 Å². The smallest absolute Gasteiger partial charge is 0.355 e. The van der Waals surface area contributed by atoms with E-state index in [9.17, 15) is 29.4 Å². The summed E-state index contributed by atoms with van der Waals surface area (Å²) in [4.78, 5) is 75.5. The van der Waals surface area contributed by atoms with Crippen LogP contribution in [-0.4, -0.2) is 142 Å². The molecule has 0 spiro atoms. The number of β-amino-alcohol motifs (C(OH)–C–C–N with tert-alkyl or cyclic N) is 1. The summed E-state index contributed by atoms with van der Waals surface area (Å²) in [5.74, 6) is -0.0255. The van der Waals surface area contributed by atoms with Gasteiger partial charge in [-0.15, -0.1) is 21.5 Å². The zero-order valence-corrected chi connectivity index (χ0v) is 62.9. The quantitative estimate of drug-likeness (QED) is 0.0246. The number of aromatic nitrogens is 7. The van der Waals surface area contributed by atoms with E-state index < -0.39 is 29.6 Å². The van der Waals surface area contributed by atoms with Crippen LogP contribution in [0.25, 0.3) is 31.8 Å². The second-order valence-electron chi connectivity index (χ2n) is 32.4. The number of carbonyl (C=O) groups is 4. The molecule has 7 heterocycles. The lowest BCUT2D eigenvalue weighted by molar-refractivity contribution is -0.248. The largest absolute Gasteiger partial charge is 0.476 e. The first-order valence-corrected chi connectivity index (χ1v) is 38.9. The van der Waals surface area contributed by atoms with Crippen molar-refractivity contribution in [3.8, 4) is 21.6 Å². The highest BCUT2D eigenvalue weighted by molar-refractivity contribution is 7.22. The van der Waals surface area contributed by atoms with Gasteiger partial charge in [0.2, 0.25) is 17.7 Å². The first-order valence-electron chi connectivity index (χ1n) is 37.2. The van der Waals surface area contributed by atoms with Gasteiger partial charge in [-0.1, -0.05) is 147 Å². The number of aryl methyl sites for hydroxylation is 1. The van der Waals surface area contributed by atoms with Crippen molar-refractivity contribution in [3.05, 3.63) is 106 Å². The third-order valence-electron chi connectivity index (χ3n) is 22.4. The molecule has 101 heavy (non-hydrogen) atoms. The number of anilines is 4. The lowest BCUT2D eigenvalue weighted by Gasteiger charge is -2.69. The molecule has 5 aromatic heterocycles. The van der Waals surface area contributed by atoms with Crippen molar-refractivity contribution < 1.29 is 34.1 Å². The second kappa shape index (κ2) is 31.0. The van der Waals surface area contributed by atoms with E-state index in [4.69, 9.17) is 24.9 Å². The van der Waals surface area contributed by atoms with Crippen LogP contribution in [-0.2, 0) is 32.1 Å². The van der Waals surface area contributed by atoms with Gasteiger partial charge in [0, 0.05) is 67.0 Å². The maximum Gasteiger partial charge on any atom is 0.355 e. The predicted molar refractivity (Wildman–Crippen MR) is 401 cm³/mol. The molecule has 6 atom stereocenters. The Hall–Kier alpha value is -7.24. The van der Waals surface area contributed by atoms with E-state index in [-0.39, 0.29) is 64.3 Å². The van der Waals surface area contributed by atoms with E-state index in [0.29, 0.717) is 36.0 Å². The lowest BCUT2D eigenvalue weighted by Crippen LogP contribution is -2.64. The number of para-hydroxylation sites is 1. The van der Waals surface area contributed by atoms with Crippen LogP contribution >= 0.6 is 22.7 Å². The Morgan fingerprint density at radius 1 is 0.802 bits per heavy atom. The number of aliphatic hydroxyl groups is 1. The maximum atomic E-state index is 14.2. The number of fused-ring (bicyclic) bond motifs is 2. The zero-order valence-electron chi connectivity index (χ0n) is 61.3. The zero-order chi connectivity index (χ0) is 71.4. The number of carboxylic acid groups (broad SMARTS) is 1. The number of aliphatic hydroxyl groups excluding tert-OH is 1. The molecule has 4 aliphatic carbocycles. The SMILES string of the molecule is Cc1ncsc1-c1ccc([C@H](C)NC(=O)[C@@H]2C[C@H](O)CN2C(=O)[C@@H](NC(=O)CCCCCCCCCCCCCCN(C)CCOC23CC4(C)CC(C)(CC(Cn5ncc(-c6ccc(N7CCCc8c7nnc(Nc7nc9ccccc9s7)c8C)nc6C(=O)O)c5C)(C4)C2)C3)C(C)(C)C)cc1. The molecule has 4 bridgehead atoms. The number of ether oxygens (including phenoxy) is 1.